The number of aromatic amines is 1. The highest BCUT2D eigenvalue weighted by molar-refractivity contribution is 7.90. The molecule has 316 valence electrons. The number of aryl methyl sites for hydroxylation is 1. The number of ether oxygens (including phenoxy) is 2. The molecule has 0 aromatic carbocycles. The van der Waals surface area contributed by atoms with Crippen LogP contribution in [0.5, 0.6) is 0 Å². The SMILES string of the molecule is Cc1cn(C2OC(CO[Si](C)(C)C(C)(C)C)C3(OS(=O)(=O)C=C3N)C2O[Si](C)(C)C(C)(C)C)c(=O)n(CC#Cc2cn(C3CC(O)C(CO)O3)c(=O)[nH]c2=O)c1=O. The predicted octanol–water partition coefficient (Wildman–Crippen LogP) is 1.07. The van der Waals surface area contributed by atoms with E-state index in [0.29, 0.717) is 0 Å². The molecule has 2 aromatic heterocycles. The molecule has 18 nitrogen and oxygen atoms in total. The zero-order valence-electron chi connectivity index (χ0n) is 34.2. The van der Waals surface area contributed by atoms with Crippen molar-refractivity contribution in [1.82, 2.24) is 18.7 Å². The molecular weight excluding hydrogens is 799 g/mol. The average Bonchev–Trinajstić information content (AvgIpc) is 3.68. The molecule has 3 aliphatic heterocycles. The van der Waals surface area contributed by atoms with Crippen molar-refractivity contribution in [3.05, 3.63) is 76.3 Å². The molecule has 21 heteroatoms. The van der Waals surface area contributed by atoms with Crippen molar-refractivity contribution in [2.24, 2.45) is 5.73 Å². The number of hydrogen-bond acceptors (Lipinski definition) is 14. The Morgan fingerprint density at radius 3 is 2.19 bits per heavy atom. The van der Waals surface area contributed by atoms with Gasteiger partial charge in [0.15, 0.2) is 28.5 Å². The van der Waals surface area contributed by atoms with Gasteiger partial charge in [-0.05, 0) is 43.2 Å². The molecule has 0 saturated carbocycles. The normalized spacial score (nSPS) is 27.8. The molecule has 57 heavy (non-hydrogen) atoms. The van der Waals surface area contributed by atoms with Gasteiger partial charge >= 0.3 is 11.4 Å². The van der Waals surface area contributed by atoms with E-state index in [1.165, 1.54) is 13.1 Å². The Labute approximate surface area is 332 Å². The summed E-state index contributed by atoms with van der Waals surface area (Å²) in [5.41, 5.74) is 1.11. The number of nitrogens with zero attached hydrogens (tertiary/aromatic N) is 3. The van der Waals surface area contributed by atoms with E-state index < -0.39 is 110 Å². The van der Waals surface area contributed by atoms with Crippen molar-refractivity contribution in [2.75, 3.05) is 13.2 Å². The Bertz CT molecular complexity index is 2340. The quantitative estimate of drug-likeness (QED) is 0.157. The molecule has 0 amide bonds. The van der Waals surface area contributed by atoms with Crippen LogP contribution in [-0.2, 0) is 39.2 Å². The van der Waals surface area contributed by atoms with Crippen molar-refractivity contribution >= 4 is 26.8 Å². The first kappa shape index (κ1) is 44.7. The zero-order chi connectivity index (χ0) is 42.8. The number of aliphatic hydroxyl groups excluding tert-OH is 2. The number of H-pyrrole nitrogens is 1. The molecule has 7 unspecified atom stereocenters. The first-order valence-electron chi connectivity index (χ1n) is 18.6. The Kier molecular flexibility index (Phi) is 12.0. The van der Waals surface area contributed by atoms with Crippen LogP contribution in [0.3, 0.4) is 0 Å². The molecule has 5 rings (SSSR count). The maximum atomic E-state index is 14.4. The van der Waals surface area contributed by atoms with E-state index in [1.54, 1.807) is 0 Å². The number of nitrogens with two attached hydrogens (primary N) is 1. The molecule has 2 saturated heterocycles. The molecule has 0 aliphatic carbocycles. The van der Waals surface area contributed by atoms with E-state index in [1.807, 2.05) is 67.7 Å². The van der Waals surface area contributed by atoms with Gasteiger partial charge in [-0.1, -0.05) is 53.4 Å². The Hall–Kier alpha value is -3.44. The van der Waals surface area contributed by atoms with Gasteiger partial charge in [-0.3, -0.25) is 23.7 Å². The molecule has 5 N–H and O–H groups in total. The lowest BCUT2D eigenvalue weighted by Crippen LogP contribution is -2.59. The van der Waals surface area contributed by atoms with Crippen LogP contribution in [0.15, 0.2) is 42.7 Å². The topological polar surface area (TPSA) is 246 Å². The molecule has 1 spiro atoms. The number of aromatic nitrogens is 4. The Morgan fingerprint density at radius 2 is 1.65 bits per heavy atom. The highest BCUT2D eigenvalue weighted by Gasteiger charge is 2.67. The third-order valence-electron chi connectivity index (χ3n) is 11.8. The van der Waals surface area contributed by atoms with E-state index in [4.69, 9.17) is 28.2 Å². The Balaban J connectivity index is 1.61. The van der Waals surface area contributed by atoms with Crippen LogP contribution in [0.1, 0.15) is 71.5 Å². The highest BCUT2D eigenvalue weighted by atomic mass is 32.2. The van der Waals surface area contributed by atoms with Gasteiger partial charge in [0.1, 0.15) is 30.1 Å². The molecule has 3 aliphatic rings. The molecule has 2 fully saturated rings. The zero-order valence-corrected chi connectivity index (χ0v) is 37.1. The largest absolute Gasteiger partial charge is 0.414 e. The molecular formula is C36H55N5O13SSi2. The van der Waals surface area contributed by atoms with E-state index in [2.05, 4.69) is 16.8 Å². The van der Waals surface area contributed by atoms with Crippen molar-refractivity contribution in [2.45, 2.75) is 140 Å². The first-order chi connectivity index (χ1) is 26.1. The number of nitrogens with one attached hydrogen (secondary N) is 1. The Morgan fingerprint density at radius 1 is 1.02 bits per heavy atom. The minimum Gasteiger partial charge on any atom is -0.414 e. The average molecular weight is 854 g/mol. The van der Waals surface area contributed by atoms with E-state index in [-0.39, 0.29) is 34.9 Å². The van der Waals surface area contributed by atoms with Crippen molar-refractivity contribution < 1.29 is 41.1 Å². The second-order valence-electron chi connectivity index (χ2n) is 17.8. The third-order valence-corrected chi connectivity index (χ3v) is 21.8. The smallest absolute Gasteiger partial charge is 0.334 e. The summed E-state index contributed by atoms with van der Waals surface area (Å²) in [7, 11) is -9.67. The predicted molar refractivity (Wildman–Crippen MR) is 214 cm³/mol. The molecule has 2 aromatic rings. The summed E-state index contributed by atoms with van der Waals surface area (Å²) in [6.07, 6.45) is -4.47. The second kappa shape index (κ2) is 15.3. The number of aliphatic hydroxyl groups is 2. The lowest BCUT2D eigenvalue weighted by molar-refractivity contribution is -0.0567. The van der Waals surface area contributed by atoms with Gasteiger partial charge in [0.25, 0.3) is 21.2 Å². The van der Waals surface area contributed by atoms with Crippen LogP contribution >= 0.6 is 0 Å². The summed E-state index contributed by atoms with van der Waals surface area (Å²) >= 11 is 0. The monoisotopic (exact) mass is 853 g/mol. The fourth-order valence-corrected chi connectivity index (χ4v) is 9.85. The first-order valence-corrected chi connectivity index (χ1v) is 25.9. The van der Waals surface area contributed by atoms with Gasteiger partial charge in [0.2, 0.25) is 0 Å². The van der Waals surface area contributed by atoms with Gasteiger partial charge in [-0.25, -0.2) is 18.3 Å². The van der Waals surface area contributed by atoms with E-state index in [9.17, 15) is 37.8 Å². The van der Waals surface area contributed by atoms with E-state index in [0.717, 1.165) is 25.3 Å². The number of rotatable bonds is 9. The van der Waals surface area contributed by atoms with Crippen LogP contribution in [0.4, 0.5) is 0 Å². The highest BCUT2D eigenvalue weighted by Crippen LogP contribution is 2.52. The third kappa shape index (κ3) is 8.39. The maximum Gasteiger partial charge on any atom is 0.334 e. The minimum absolute atomic E-state index is 0.0331. The molecule has 0 bridgehead atoms. The number of hydrogen-bond donors (Lipinski definition) is 4. The summed E-state index contributed by atoms with van der Waals surface area (Å²) in [5.74, 6) is 5.28. The van der Waals surface area contributed by atoms with Gasteiger partial charge in [0.05, 0.1) is 37.0 Å². The van der Waals surface area contributed by atoms with Gasteiger partial charge in [-0.2, -0.15) is 8.42 Å². The summed E-state index contributed by atoms with van der Waals surface area (Å²) in [5, 5.41) is 19.8. The summed E-state index contributed by atoms with van der Waals surface area (Å²) < 4.78 is 60.9. The van der Waals surface area contributed by atoms with Crippen molar-refractivity contribution in [1.29, 1.82) is 0 Å². The van der Waals surface area contributed by atoms with Crippen LogP contribution < -0.4 is 28.2 Å². The molecule has 7 atom stereocenters. The lowest BCUT2D eigenvalue weighted by atomic mass is 9.89. The van der Waals surface area contributed by atoms with Crippen molar-refractivity contribution in [3.63, 3.8) is 0 Å². The lowest BCUT2D eigenvalue weighted by Gasteiger charge is -2.43. The van der Waals surface area contributed by atoms with Gasteiger partial charge in [-0.15, -0.1) is 0 Å². The molecule has 0 radical (unpaired) electrons. The standard InChI is InChI=1S/C36H55N5O13SSi2/c1-21-16-41(33(47)39(30(21)45)14-12-13-22-17-40(32(46)38-29(22)44)27-15-23(43)24(18-42)51-27)31-28(53-57(10,11)35(5,6)7)36(25(37)20-55(48,49)54-36)26(52-31)19-50-56(8,9)34(2,3)4/h16-17,20,23-24,26-28,31,42-43H,14-15,18-19,37H2,1-11H3,(H,38,44,46). The molecule has 5 heterocycles. The maximum absolute atomic E-state index is 14.4. The van der Waals surface area contributed by atoms with Crippen LogP contribution in [0.25, 0.3) is 0 Å². The summed E-state index contributed by atoms with van der Waals surface area (Å²) in [4.78, 5) is 55.4. The van der Waals surface area contributed by atoms with Crippen molar-refractivity contribution in [3.8, 4) is 11.8 Å². The van der Waals surface area contributed by atoms with Crippen LogP contribution in [0, 0.1) is 18.8 Å². The van der Waals surface area contributed by atoms with Gasteiger partial charge < -0.3 is 34.3 Å². The second-order valence-corrected chi connectivity index (χ2v) is 28.8. The van der Waals surface area contributed by atoms with Gasteiger partial charge in [0, 0.05) is 24.4 Å². The fraction of sp³-hybridized carbons (Fsp3) is 0.667. The summed E-state index contributed by atoms with van der Waals surface area (Å²) in [6, 6.07) is 0. The summed E-state index contributed by atoms with van der Waals surface area (Å²) in [6.45, 7) is 20.4. The van der Waals surface area contributed by atoms with E-state index >= 15 is 0 Å². The minimum atomic E-state index is -4.34. The van der Waals surface area contributed by atoms with Crippen LogP contribution in [-0.4, -0.2) is 97.2 Å². The fourth-order valence-electron chi connectivity index (χ4n) is 6.35. The van der Waals surface area contributed by atoms with Crippen LogP contribution in [0.2, 0.25) is 36.3 Å².